The van der Waals surface area contributed by atoms with E-state index in [4.69, 9.17) is 10.5 Å². The Bertz CT molecular complexity index is 744. The Hall–Kier alpha value is -2.49. The van der Waals surface area contributed by atoms with Gasteiger partial charge in [0.25, 0.3) is 0 Å². The zero-order valence-corrected chi connectivity index (χ0v) is 11.6. The minimum absolute atomic E-state index is 0.761. The average molecular weight is 267 g/mol. The highest BCUT2D eigenvalue weighted by Crippen LogP contribution is 2.20. The molecule has 1 aromatic heterocycles. The predicted molar refractivity (Wildman–Crippen MR) is 80.9 cm³/mol. The Morgan fingerprint density at radius 3 is 2.60 bits per heavy atom. The van der Waals surface area contributed by atoms with Gasteiger partial charge in [0.15, 0.2) is 0 Å². The largest absolute Gasteiger partial charge is 0.497 e. The van der Waals surface area contributed by atoms with Crippen molar-refractivity contribution in [1.29, 1.82) is 0 Å². The van der Waals surface area contributed by atoms with E-state index in [0.29, 0.717) is 0 Å². The Morgan fingerprint density at radius 1 is 1.15 bits per heavy atom. The van der Waals surface area contributed by atoms with Crippen molar-refractivity contribution in [2.24, 2.45) is 7.05 Å². The van der Waals surface area contributed by atoms with Crippen LogP contribution in [-0.4, -0.2) is 16.7 Å². The van der Waals surface area contributed by atoms with Gasteiger partial charge in [-0.3, -0.25) is 0 Å². The van der Waals surface area contributed by atoms with Crippen LogP contribution in [0.3, 0.4) is 0 Å². The van der Waals surface area contributed by atoms with E-state index in [2.05, 4.69) is 21.7 Å². The molecule has 0 atom stereocenters. The lowest BCUT2D eigenvalue weighted by atomic mass is 10.1. The minimum Gasteiger partial charge on any atom is -0.497 e. The molecule has 0 fully saturated rings. The zero-order chi connectivity index (χ0) is 14.1. The first-order chi connectivity index (χ1) is 9.67. The molecule has 0 radical (unpaired) electrons. The molecule has 0 bridgehead atoms. The third kappa shape index (κ3) is 2.20. The number of aryl methyl sites for hydroxylation is 1. The number of methoxy groups -OCH3 is 1. The number of hydrogen-bond acceptors (Lipinski definition) is 3. The monoisotopic (exact) mass is 267 g/mol. The number of nitrogens with zero attached hydrogens (tertiary/aromatic N) is 2. The molecule has 0 spiro atoms. The van der Waals surface area contributed by atoms with Gasteiger partial charge >= 0.3 is 0 Å². The molecule has 1 heterocycles. The first-order valence-corrected chi connectivity index (χ1v) is 6.51. The highest BCUT2D eigenvalue weighted by molar-refractivity contribution is 5.79. The summed E-state index contributed by atoms with van der Waals surface area (Å²) < 4.78 is 7.26. The van der Waals surface area contributed by atoms with E-state index in [0.717, 1.165) is 34.7 Å². The number of fused-ring (bicyclic) bond motifs is 1. The van der Waals surface area contributed by atoms with E-state index in [1.807, 2.05) is 37.4 Å². The molecule has 102 valence electrons. The minimum atomic E-state index is 0.761. The molecular weight excluding hydrogens is 250 g/mol. The van der Waals surface area contributed by atoms with Crippen molar-refractivity contribution in [3.8, 4) is 5.75 Å². The van der Waals surface area contributed by atoms with Crippen molar-refractivity contribution in [2.45, 2.75) is 6.42 Å². The van der Waals surface area contributed by atoms with Crippen molar-refractivity contribution in [1.82, 2.24) is 9.55 Å². The number of ether oxygens (including phenoxy) is 1. The topological polar surface area (TPSA) is 53.1 Å². The van der Waals surface area contributed by atoms with Crippen LogP contribution in [0.5, 0.6) is 5.75 Å². The molecule has 4 heteroatoms. The van der Waals surface area contributed by atoms with Crippen LogP contribution >= 0.6 is 0 Å². The SMILES string of the molecule is COc1ccc(Cc2nc3ccc(N)cc3n2C)cc1. The van der Waals surface area contributed by atoms with Gasteiger partial charge in [0.2, 0.25) is 0 Å². The Labute approximate surface area is 117 Å². The molecule has 3 aromatic rings. The molecule has 20 heavy (non-hydrogen) atoms. The molecule has 3 rings (SSSR count). The van der Waals surface area contributed by atoms with Crippen LogP contribution in [0.2, 0.25) is 0 Å². The lowest BCUT2D eigenvalue weighted by Gasteiger charge is -2.04. The molecule has 0 aliphatic carbocycles. The van der Waals surface area contributed by atoms with Gasteiger partial charge in [-0.1, -0.05) is 12.1 Å². The Kier molecular flexibility index (Phi) is 3.06. The zero-order valence-electron chi connectivity index (χ0n) is 11.6. The summed E-state index contributed by atoms with van der Waals surface area (Å²) in [7, 11) is 3.69. The lowest BCUT2D eigenvalue weighted by Crippen LogP contribution is -1.99. The predicted octanol–water partition coefficient (Wildman–Crippen LogP) is 2.75. The molecule has 4 nitrogen and oxygen atoms in total. The van der Waals surface area contributed by atoms with Gasteiger partial charge < -0.3 is 15.0 Å². The average Bonchev–Trinajstić information content (AvgIpc) is 2.76. The number of aromatic nitrogens is 2. The fourth-order valence-corrected chi connectivity index (χ4v) is 2.34. The number of anilines is 1. The van der Waals surface area contributed by atoms with Crippen molar-refractivity contribution >= 4 is 16.7 Å². The highest BCUT2D eigenvalue weighted by atomic mass is 16.5. The lowest BCUT2D eigenvalue weighted by molar-refractivity contribution is 0.414. The summed E-state index contributed by atoms with van der Waals surface area (Å²) in [4.78, 5) is 4.67. The maximum Gasteiger partial charge on any atom is 0.118 e. The molecule has 0 amide bonds. The third-order valence-electron chi connectivity index (χ3n) is 3.52. The van der Waals surface area contributed by atoms with Crippen molar-refractivity contribution < 1.29 is 4.74 Å². The molecule has 0 saturated carbocycles. The van der Waals surface area contributed by atoms with E-state index in [-0.39, 0.29) is 0 Å². The van der Waals surface area contributed by atoms with Gasteiger partial charge in [0.05, 0.1) is 18.1 Å². The number of rotatable bonds is 3. The maximum atomic E-state index is 5.83. The van der Waals surface area contributed by atoms with Gasteiger partial charge in [-0.05, 0) is 35.9 Å². The molecule has 0 saturated heterocycles. The summed E-state index contributed by atoms with van der Waals surface area (Å²) in [5.74, 6) is 1.89. The van der Waals surface area contributed by atoms with Crippen LogP contribution in [-0.2, 0) is 13.5 Å². The van der Waals surface area contributed by atoms with Gasteiger partial charge in [-0.25, -0.2) is 4.98 Å². The van der Waals surface area contributed by atoms with Crippen LogP contribution in [0.4, 0.5) is 5.69 Å². The van der Waals surface area contributed by atoms with Crippen molar-refractivity contribution in [2.75, 3.05) is 12.8 Å². The van der Waals surface area contributed by atoms with E-state index in [1.54, 1.807) is 7.11 Å². The number of hydrogen-bond donors (Lipinski definition) is 1. The third-order valence-corrected chi connectivity index (χ3v) is 3.52. The normalized spacial score (nSPS) is 10.9. The molecule has 0 aliphatic rings. The first kappa shape index (κ1) is 12.5. The first-order valence-electron chi connectivity index (χ1n) is 6.51. The van der Waals surface area contributed by atoms with Gasteiger partial charge in [-0.2, -0.15) is 0 Å². The maximum absolute atomic E-state index is 5.83. The standard InChI is InChI=1S/C16H17N3O/c1-19-15-10-12(17)5-8-14(15)18-16(19)9-11-3-6-13(20-2)7-4-11/h3-8,10H,9,17H2,1-2H3. The molecule has 2 N–H and O–H groups in total. The van der Waals surface area contributed by atoms with Crippen LogP contribution in [0.25, 0.3) is 11.0 Å². The Morgan fingerprint density at radius 2 is 1.90 bits per heavy atom. The highest BCUT2D eigenvalue weighted by Gasteiger charge is 2.08. The summed E-state index contributed by atoms with van der Waals surface area (Å²) in [6, 6.07) is 13.9. The number of nitrogen functional groups attached to an aromatic ring is 1. The van der Waals surface area contributed by atoms with Crippen molar-refractivity contribution in [3.05, 3.63) is 53.9 Å². The number of benzene rings is 2. The fraction of sp³-hybridized carbons (Fsp3) is 0.188. The quantitative estimate of drug-likeness (QED) is 0.742. The van der Waals surface area contributed by atoms with E-state index >= 15 is 0 Å². The van der Waals surface area contributed by atoms with Gasteiger partial charge in [0, 0.05) is 19.2 Å². The van der Waals surface area contributed by atoms with Crippen LogP contribution in [0.15, 0.2) is 42.5 Å². The molecule has 0 aliphatic heterocycles. The van der Waals surface area contributed by atoms with Gasteiger partial charge in [0.1, 0.15) is 11.6 Å². The molecule has 0 unspecified atom stereocenters. The van der Waals surface area contributed by atoms with Gasteiger partial charge in [-0.15, -0.1) is 0 Å². The second-order valence-corrected chi connectivity index (χ2v) is 4.86. The van der Waals surface area contributed by atoms with E-state index < -0.39 is 0 Å². The number of imidazole rings is 1. The second-order valence-electron chi connectivity index (χ2n) is 4.86. The van der Waals surface area contributed by atoms with Crippen LogP contribution < -0.4 is 10.5 Å². The summed E-state index contributed by atoms with van der Waals surface area (Å²) in [6.07, 6.45) is 0.787. The summed E-state index contributed by atoms with van der Waals surface area (Å²) in [5.41, 5.74) is 9.84. The second kappa shape index (κ2) is 4.89. The summed E-state index contributed by atoms with van der Waals surface area (Å²) in [5, 5.41) is 0. The van der Waals surface area contributed by atoms with E-state index in [1.165, 1.54) is 5.56 Å². The van der Waals surface area contributed by atoms with E-state index in [9.17, 15) is 0 Å². The van der Waals surface area contributed by atoms with Crippen LogP contribution in [0.1, 0.15) is 11.4 Å². The summed E-state index contributed by atoms with van der Waals surface area (Å²) >= 11 is 0. The van der Waals surface area contributed by atoms with Crippen LogP contribution in [0, 0.1) is 0 Å². The summed E-state index contributed by atoms with van der Waals surface area (Å²) in [6.45, 7) is 0. The molecular formula is C16H17N3O. The number of nitrogens with two attached hydrogens (primary N) is 1. The Balaban J connectivity index is 1.95. The van der Waals surface area contributed by atoms with Crippen molar-refractivity contribution in [3.63, 3.8) is 0 Å². The smallest absolute Gasteiger partial charge is 0.118 e. The molecule has 2 aromatic carbocycles. The fourth-order valence-electron chi connectivity index (χ4n) is 2.34.